The number of carbonyl (C=O) groups is 2. The van der Waals surface area contributed by atoms with Crippen LogP contribution in [0.2, 0.25) is 0 Å². The zero-order chi connectivity index (χ0) is 21.6. The number of hydrogen-bond donors (Lipinski definition) is 2. The molecule has 3 saturated carbocycles. The van der Waals surface area contributed by atoms with Gasteiger partial charge in [-0.1, -0.05) is 47.1 Å². The Morgan fingerprint density at radius 1 is 1.03 bits per heavy atom. The van der Waals surface area contributed by atoms with Gasteiger partial charge in [-0.2, -0.15) is 0 Å². The van der Waals surface area contributed by atoms with Crippen LogP contribution in [0.15, 0.2) is 11.6 Å². The van der Waals surface area contributed by atoms with Crippen LogP contribution < -0.4 is 0 Å². The molecule has 4 rings (SSSR count). The third-order valence-corrected chi connectivity index (χ3v) is 10.6. The Hall–Kier alpha value is -1.16. The number of aliphatic carboxylic acids is 1. The molecule has 4 nitrogen and oxygen atoms in total. The van der Waals surface area contributed by atoms with Gasteiger partial charge in [0.15, 0.2) is 5.78 Å². The van der Waals surface area contributed by atoms with Crippen LogP contribution in [-0.2, 0) is 9.59 Å². The number of fused-ring (bicyclic) bond motifs is 5. The molecule has 4 aliphatic rings. The van der Waals surface area contributed by atoms with Gasteiger partial charge < -0.3 is 10.2 Å². The predicted octanol–water partition coefficient (Wildman–Crippen LogP) is 4.85. The maximum atomic E-state index is 13.7. The molecule has 0 aromatic rings. The van der Waals surface area contributed by atoms with Crippen molar-refractivity contribution in [3.63, 3.8) is 0 Å². The number of carboxylic acid groups (broad SMARTS) is 1. The van der Waals surface area contributed by atoms with Gasteiger partial charge in [-0.25, -0.2) is 0 Å². The molecule has 0 aromatic carbocycles. The third-order valence-electron chi connectivity index (χ3n) is 10.6. The van der Waals surface area contributed by atoms with Crippen LogP contribution in [0, 0.1) is 45.3 Å². The van der Waals surface area contributed by atoms with Crippen molar-refractivity contribution in [1.29, 1.82) is 0 Å². The van der Waals surface area contributed by atoms with Crippen molar-refractivity contribution in [3.05, 3.63) is 11.6 Å². The van der Waals surface area contributed by atoms with Crippen molar-refractivity contribution in [1.82, 2.24) is 0 Å². The van der Waals surface area contributed by atoms with Gasteiger partial charge in [-0.05, 0) is 72.7 Å². The van der Waals surface area contributed by atoms with Crippen molar-refractivity contribution >= 4 is 11.8 Å². The van der Waals surface area contributed by atoms with Gasteiger partial charge in [0.2, 0.25) is 0 Å². The maximum absolute atomic E-state index is 13.7. The molecule has 8 atom stereocenters. The Kier molecular flexibility index (Phi) is 4.50. The molecule has 29 heavy (non-hydrogen) atoms. The number of aliphatic hydroxyl groups is 1. The number of rotatable bonds is 2. The first-order valence-corrected chi connectivity index (χ1v) is 11.5. The number of carbonyl (C=O) groups excluding carboxylic acids is 1. The fourth-order valence-corrected chi connectivity index (χ4v) is 8.51. The Morgan fingerprint density at radius 2 is 1.69 bits per heavy atom. The fourth-order valence-electron chi connectivity index (χ4n) is 8.51. The quantitative estimate of drug-likeness (QED) is 0.692. The minimum atomic E-state index is -0.714. The molecule has 0 aromatic heterocycles. The Bertz CT molecular complexity index is 782. The number of allylic oxidation sites excluding steroid dienone is 1. The molecule has 4 heteroatoms. The molecular weight excluding hydrogens is 364 g/mol. The summed E-state index contributed by atoms with van der Waals surface area (Å²) in [4.78, 5) is 25.5. The number of aliphatic hydroxyl groups excluding tert-OH is 1. The van der Waals surface area contributed by atoms with Crippen LogP contribution in [0.1, 0.15) is 80.1 Å². The molecule has 0 spiro atoms. The van der Waals surface area contributed by atoms with Gasteiger partial charge >= 0.3 is 5.97 Å². The van der Waals surface area contributed by atoms with E-state index in [1.807, 2.05) is 13.0 Å². The van der Waals surface area contributed by atoms with Crippen LogP contribution in [0.3, 0.4) is 0 Å². The van der Waals surface area contributed by atoms with E-state index in [9.17, 15) is 19.8 Å². The normalized spacial score (nSPS) is 49.5. The summed E-state index contributed by atoms with van der Waals surface area (Å²) in [6.07, 6.45) is 7.01. The Morgan fingerprint density at radius 3 is 2.31 bits per heavy atom. The van der Waals surface area contributed by atoms with Gasteiger partial charge in [-0.3, -0.25) is 9.59 Å². The molecule has 0 aliphatic heterocycles. The highest BCUT2D eigenvalue weighted by Crippen LogP contribution is 2.74. The van der Waals surface area contributed by atoms with Crippen molar-refractivity contribution in [3.8, 4) is 0 Å². The first-order valence-electron chi connectivity index (χ1n) is 11.5. The van der Waals surface area contributed by atoms with Crippen LogP contribution in [0.4, 0.5) is 0 Å². The lowest BCUT2D eigenvalue weighted by atomic mass is 9.39. The van der Waals surface area contributed by atoms with E-state index in [-0.39, 0.29) is 45.2 Å². The van der Waals surface area contributed by atoms with Gasteiger partial charge in [0.05, 0.1) is 12.0 Å². The summed E-state index contributed by atoms with van der Waals surface area (Å²) < 4.78 is 0. The van der Waals surface area contributed by atoms with E-state index >= 15 is 0 Å². The van der Waals surface area contributed by atoms with E-state index in [1.54, 1.807) is 0 Å². The van der Waals surface area contributed by atoms with Crippen LogP contribution in [-0.4, -0.2) is 28.1 Å². The summed E-state index contributed by atoms with van der Waals surface area (Å²) in [6, 6.07) is 0. The number of hydrogen-bond acceptors (Lipinski definition) is 3. The second kappa shape index (κ2) is 6.18. The second-order valence-corrected chi connectivity index (χ2v) is 11.9. The maximum Gasteiger partial charge on any atom is 0.306 e. The van der Waals surface area contributed by atoms with Crippen LogP contribution in [0.5, 0.6) is 0 Å². The molecule has 3 fully saturated rings. The summed E-state index contributed by atoms with van der Waals surface area (Å²) in [5, 5.41) is 20.3. The van der Waals surface area contributed by atoms with Gasteiger partial charge in [0.1, 0.15) is 0 Å². The molecule has 0 bridgehead atoms. The fraction of sp³-hybridized carbons (Fsp3) is 0.840. The van der Waals surface area contributed by atoms with Crippen molar-refractivity contribution < 1.29 is 19.8 Å². The molecule has 0 amide bonds. The van der Waals surface area contributed by atoms with E-state index < -0.39 is 12.1 Å². The first kappa shape index (κ1) is 21.1. The zero-order valence-electron chi connectivity index (χ0n) is 18.9. The van der Waals surface area contributed by atoms with E-state index in [4.69, 9.17) is 0 Å². The lowest BCUT2D eigenvalue weighted by Crippen LogP contribution is -2.61. The third kappa shape index (κ3) is 2.47. The topological polar surface area (TPSA) is 74.6 Å². The molecule has 1 unspecified atom stereocenters. The largest absolute Gasteiger partial charge is 0.481 e. The smallest absolute Gasteiger partial charge is 0.306 e. The molecule has 0 radical (unpaired) electrons. The first-order chi connectivity index (χ1) is 13.3. The van der Waals surface area contributed by atoms with Crippen molar-refractivity contribution in [2.24, 2.45) is 45.3 Å². The lowest BCUT2D eigenvalue weighted by molar-refractivity contribution is -0.167. The summed E-state index contributed by atoms with van der Waals surface area (Å²) in [7, 11) is 0. The predicted molar refractivity (Wildman–Crippen MR) is 112 cm³/mol. The minimum absolute atomic E-state index is 0.0560. The molecular formula is C25H38O4. The average Bonchev–Trinajstić information content (AvgIpc) is 2.89. The van der Waals surface area contributed by atoms with Crippen molar-refractivity contribution in [2.45, 2.75) is 86.2 Å². The molecule has 0 heterocycles. The summed E-state index contributed by atoms with van der Waals surface area (Å²) >= 11 is 0. The van der Waals surface area contributed by atoms with Gasteiger partial charge in [0, 0.05) is 11.3 Å². The number of ketones is 1. The average molecular weight is 403 g/mol. The van der Waals surface area contributed by atoms with E-state index in [0.717, 1.165) is 44.1 Å². The Labute approximate surface area is 175 Å². The summed E-state index contributed by atoms with van der Waals surface area (Å²) in [6.45, 7) is 12.9. The zero-order valence-corrected chi connectivity index (χ0v) is 18.9. The summed E-state index contributed by atoms with van der Waals surface area (Å²) in [5.41, 5.74) is 0.395. The highest BCUT2D eigenvalue weighted by atomic mass is 16.4. The highest BCUT2D eigenvalue weighted by Gasteiger charge is 2.69. The highest BCUT2D eigenvalue weighted by molar-refractivity contribution is 5.95. The van der Waals surface area contributed by atoms with Gasteiger partial charge in [-0.15, -0.1) is 0 Å². The standard InChI is InChI=1S/C25H38O4/c1-14(21(28)29)15-9-10-25(6)20-18(26)13-17-16(7-8-19(27)22(17,2)3)23(20,4)11-12-24(15,25)5/h13-16,19-20,27H,7-12H2,1-6H3,(H,28,29)/t14?,15-,16-,19-,20-,23+,24-,25+/m1/s1. The van der Waals surface area contributed by atoms with Crippen LogP contribution >= 0.6 is 0 Å². The monoisotopic (exact) mass is 402 g/mol. The lowest BCUT2D eigenvalue weighted by Gasteiger charge is -2.64. The van der Waals surface area contributed by atoms with E-state index in [2.05, 4.69) is 34.6 Å². The molecule has 4 aliphatic carbocycles. The molecule has 2 N–H and O–H groups in total. The van der Waals surface area contributed by atoms with Gasteiger partial charge in [0.25, 0.3) is 0 Å². The van der Waals surface area contributed by atoms with E-state index in [0.29, 0.717) is 5.92 Å². The minimum Gasteiger partial charge on any atom is -0.481 e. The van der Waals surface area contributed by atoms with Crippen molar-refractivity contribution in [2.75, 3.05) is 0 Å². The summed E-state index contributed by atoms with van der Waals surface area (Å²) in [5.74, 6) is -0.468. The molecule has 0 saturated heterocycles. The SMILES string of the molecule is CC(C(=O)O)[C@H]1CC[C@@]2(C)[C@@H]3C(=O)C=C4[C@@H](CC[C@@H](O)C4(C)C)[C@]3(C)CC[C@]12C. The number of carboxylic acids is 1. The second-order valence-electron chi connectivity index (χ2n) is 11.9. The van der Waals surface area contributed by atoms with E-state index in [1.165, 1.54) is 0 Å². The Balaban J connectivity index is 1.81. The molecule has 162 valence electrons. The van der Waals surface area contributed by atoms with Crippen LogP contribution in [0.25, 0.3) is 0 Å².